The van der Waals surface area contributed by atoms with Crippen LogP contribution in [0.5, 0.6) is 11.5 Å². The van der Waals surface area contributed by atoms with Crippen molar-refractivity contribution in [2.24, 2.45) is 0 Å². The van der Waals surface area contributed by atoms with Gasteiger partial charge in [0.25, 0.3) is 5.91 Å². The number of carbonyl (C=O) groups excluding carboxylic acids is 1. The summed E-state index contributed by atoms with van der Waals surface area (Å²) in [5, 5.41) is 10.1. The third-order valence-corrected chi connectivity index (χ3v) is 3.79. The lowest BCUT2D eigenvalue weighted by molar-refractivity contribution is 0.102. The molecule has 0 spiro atoms. The van der Waals surface area contributed by atoms with E-state index in [1.165, 1.54) is 18.2 Å². The Bertz CT molecular complexity index is 1110. The second-order valence-corrected chi connectivity index (χ2v) is 5.82. The minimum Gasteiger partial charge on any atom is -0.457 e. The number of nitrogens with zero attached hydrogens (tertiary/aromatic N) is 2. The van der Waals surface area contributed by atoms with E-state index in [1.54, 1.807) is 30.3 Å². The summed E-state index contributed by atoms with van der Waals surface area (Å²) in [6, 6.07) is 21.6. The number of carbonyl (C=O) groups is 1. The molecule has 28 heavy (non-hydrogen) atoms. The molecule has 1 N–H and O–H groups in total. The van der Waals surface area contributed by atoms with Gasteiger partial charge < -0.3 is 9.15 Å². The molecule has 4 rings (SSSR count). The molecular weight excluding hydrogens is 361 g/mol. The van der Waals surface area contributed by atoms with Crippen molar-refractivity contribution < 1.29 is 18.3 Å². The van der Waals surface area contributed by atoms with Gasteiger partial charge in [-0.1, -0.05) is 35.4 Å². The Morgan fingerprint density at radius 2 is 1.68 bits per heavy atom. The Morgan fingerprint density at radius 1 is 0.893 bits per heavy atom. The maximum Gasteiger partial charge on any atom is 0.322 e. The van der Waals surface area contributed by atoms with Gasteiger partial charge in [-0.3, -0.25) is 10.1 Å². The molecule has 3 aromatic carbocycles. The van der Waals surface area contributed by atoms with Crippen LogP contribution in [0.3, 0.4) is 0 Å². The van der Waals surface area contributed by atoms with Crippen LogP contribution in [0.1, 0.15) is 10.4 Å². The number of benzene rings is 3. The van der Waals surface area contributed by atoms with E-state index in [9.17, 15) is 9.18 Å². The van der Waals surface area contributed by atoms with Crippen LogP contribution < -0.4 is 10.1 Å². The normalized spacial score (nSPS) is 10.5. The smallest absolute Gasteiger partial charge is 0.322 e. The maximum atomic E-state index is 13.3. The third kappa shape index (κ3) is 4.04. The molecule has 4 aromatic rings. The Labute approximate surface area is 159 Å². The van der Waals surface area contributed by atoms with E-state index < -0.39 is 11.7 Å². The molecule has 1 heterocycles. The lowest BCUT2D eigenvalue weighted by atomic mass is 10.2. The fourth-order valence-corrected chi connectivity index (χ4v) is 2.51. The zero-order valence-corrected chi connectivity index (χ0v) is 14.5. The molecule has 1 amide bonds. The van der Waals surface area contributed by atoms with Crippen LogP contribution in [0.15, 0.2) is 83.3 Å². The average Bonchev–Trinajstić information content (AvgIpc) is 3.17. The first-order valence-corrected chi connectivity index (χ1v) is 8.41. The van der Waals surface area contributed by atoms with Crippen molar-refractivity contribution in [3.05, 3.63) is 90.2 Å². The zero-order chi connectivity index (χ0) is 19.3. The largest absolute Gasteiger partial charge is 0.457 e. The molecule has 0 saturated heterocycles. The van der Waals surface area contributed by atoms with Crippen molar-refractivity contribution in [3.8, 4) is 23.0 Å². The molecular formula is C21H14FN3O3. The number of anilines is 1. The van der Waals surface area contributed by atoms with Crippen molar-refractivity contribution in [1.29, 1.82) is 0 Å². The standard InChI is InChI=1S/C21H14FN3O3/c22-16-8-4-7-15(12-16)20-24-25-21(28-20)23-19(26)14-6-5-11-18(13-14)27-17-9-2-1-3-10-17/h1-13H,(H,23,25,26). The number of aromatic nitrogens is 2. The van der Waals surface area contributed by atoms with Gasteiger partial charge >= 0.3 is 6.01 Å². The van der Waals surface area contributed by atoms with E-state index in [0.717, 1.165) is 0 Å². The van der Waals surface area contributed by atoms with Gasteiger partial charge in [0.2, 0.25) is 5.89 Å². The molecule has 0 aliphatic carbocycles. The molecule has 0 unspecified atom stereocenters. The average molecular weight is 375 g/mol. The number of nitrogens with one attached hydrogen (secondary N) is 1. The van der Waals surface area contributed by atoms with Gasteiger partial charge in [0.15, 0.2) is 0 Å². The van der Waals surface area contributed by atoms with Crippen molar-refractivity contribution >= 4 is 11.9 Å². The Morgan fingerprint density at radius 3 is 2.50 bits per heavy atom. The second-order valence-electron chi connectivity index (χ2n) is 5.82. The fraction of sp³-hybridized carbons (Fsp3) is 0. The number of halogens is 1. The molecule has 6 nitrogen and oxygen atoms in total. The Hall–Kier alpha value is -4.00. The molecule has 138 valence electrons. The number of hydrogen-bond donors (Lipinski definition) is 1. The van der Waals surface area contributed by atoms with Crippen LogP contribution in [0, 0.1) is 5.82 Å². The van der Waals surface area contributed by atoms with Gasteiger partial charge in [0, 0.05) is 11.1 Å². The molecule has 0 saturated carbocycles. The monoisotopic (exact) mass is 375 g/mol. The van der Waals surface area contributed by atoms with E-state index >= 15 is 0 Å². The lowest BCUT2D eigenvalue weighted by Crippen LogP contribution is -2.12. The zero-order valence-electron chi connectivity index (χ0n) is 14.5. The van der Waals surface area contributed by atoms with Crippen LogP contribution in [-0.4, -0.2) is 16.1 Å². The van der Waals surface area contributed by atoms with Gasteiger partial charge in [-0.25, -0.2) is 4.39 Å². The number of para-hydroxylation sites is 1. The molecule has 0 aliphatic rings. The van der Waals surface area contributed by atoms with E-state index in [1.807, 2.05) is 30.3 Å². The highest BCUT2D eigenvalue weighted by Crippen LogP contribution is 2.23. The van der Waals surface area contributed by atoms with Crippen LogP contribution in [-0.2, 0) is 0 Å². The first-order valence-electron chi connectivity index (χ1n) is 8.41. The van der Waals surface area contributed by atoms with Gasteiger partial charge in [0.05, 0.1) is 0 Å². The van der Waals surface area contributed by atoms with Crippen LogP contribution >= 0.6 is 0 Å². The van der Waals surface area contributed by atoms with Crippen LogP contribution in [0.2, 0.25) is 0 Å². The van der Waals surface area contributed by atoms with Crippen molar-refractivity contribution in [2.75, 3.05) is 5.32 Å². The summed E-state index contributed by atoms with van der Waals surface area (Å²) >= 11 is 0. The quantitative estimate of drug-likeness (QED) is 0.536. The molecule has 0 fully saturated rings. The minimum atomic E-state index is -0.437. The SMILES string of the molecule is O=C(Nc1nnc(-c2cccc(F)c2)o1)c1cccc(Oc2ccccc2)c1. The first-order chi connectivity index (χ1) is 13.7. The molecule has 0 aliphatic heterocycles. The maximum absolute atomic E-state index is 13.3. The number of hydrogen-bond acceptors (Lipinski definition) is 5. The molecule has 0 radical (unpaired) electrons. The molecule has 7 heteroatoms. The highest BCUT2D eigenvalue weighted by atomic mass is 19.1. The van der Waals surface area contributed by atoms with Gasteiger partial charge in [0.1, 0.15) is 17.3 Å². The summed E-state index contributed by atoms with van der Waals surface area (Å²) in [5.74, 6) is 0.432. The Balaban J connectivity index is 1.48. The minimum absolute atomic E-state index is 0.0846. The molecule has 0 bridgehead atoms. The number of rotatable bonds is 5. The summed E-state index contributed by atoms with van der Waals surface area (Å²) in [5.41, 5.74) is 0.783. The number of ether oxygens (including phenoxy) is 1. The molecule has 0 atom stereocenters. The van der Waals surface area contributed by atoms with E-state index in [0.29, 0.717) is 22.6 Å². The van der Waals surface area contributed by atoms with Crippen molar-refractivity contribution in [2.45, 2.75) is 0 Å². The first kappa shape index (κ1) is 17.4. The van der Waals surface area contributed by atoms with E-state index in [2.05, 4.69) is 15.5 Å². The van der Waals surface area contributed by atoms with Gasteiger partial charge in [-0.15, -0.1) is 5.10 Å². The van der Waals surface area contributed by atoms with Crippen LogP contribution in [0.4, 0.5) is 10.4 Å². The van der Waals surface area contributed by atoms with Crippen molar-refractivity contribution in [1.82, 2.24) is 10.2 Å². The summed E-state index contributed by atoms with van der Waals surface area (Å²) in [4.78, 5) is 12.5. The van der Waals surface area contributed by atoms with Gasteiger partial charge in [-0.2, -0.15) is 0 Å². The highest BCUT2D eigenvalue weighted by molar-refractivity contribution is 6.03. The predicted molar refractivity (Wildman–Crippen MR) is 101 cm³/mol. The Kier molecular flexibility index (Phi) is 4.79. The van der Waals surface area contributed by atoms with Gasteiger partial charge in [-0.05, 0) is 48.5 Å². The predicted octanol–water partition coefficient (Wildman–Crippen LogP) is 4.92. The highest BCUT2D eigenvalue weighted by Gasteiger charge is 2.14. The summed E-state index contributed by atoms with van der Waals surface area (Å²) in [7, 11) is 0. The van der Waals surface area contributed by atoms with Crippen molar-refractivity contribution in [3.63, 3.8) is 0 Å². The molecule has 1 aromatic heterocycles. The summed E-state index contributed by atoms with van der Waals surface area (Å²) in [6.07, 6.45) is 0. The third-order valence-electron chi connectivity index (χ3n) is 3.79. The second kappa shape index (κ2) is 7.71. The topological polar surface area (TPSA) is 77.3 Å². The van der Waals surface area contributed by atoms with Crippen LogP contribution in [0.25, 0.3) is 11.5 Å². The lowest BCUT2D eigenvalue weighted by Gasteiger charge is -2.07. The summed E-state index contributed by atoms with van der Waals surface area (Å²) in [6.45, 7) is 0. The number of amides is 1. The summed E-state index contributed by atoms with van der Waals surface area (Å²) < 4.78 is 24.4. The van der Waals surface area contributed by atoms with E-state index in [-0.39, 0.29) is 11.9 Å². The fourth-order valence-electron chi connectivity index (χ4n) is 2.51. The van der Waals surface area contributed by atoms with E-state index in [4.69, 9.17) is 9.15 Å².